The number of carbonyl (C=O) groups excluding carboxylic acids is 2. The van der Waals surface area contributed by atoms with Crippen molar-refractivity contribution in [3.8, 4) is 6.07 Å². The van der Waals surface area contributed by atoms with Crippen molar-refractivity contribution in [3.05, 3.63) is 50.8 Å². The summed E-state index contributed by atoms with van der Waals surface area (Å²) >= 11 is 1.19. The van der Waals surface area contributed by atoms with Crippen LogP contribution in [0.15, 0.2) is 29.3 Å². The largest absolute Gasteiger partial charge is 0.462 e. The molecule has 0 atom stereocenters. The van der Waals surface area contributed by atoms with E-state index in [0.717, 1.165) is 25.0 Å². The van der Waals surface area contributed by atoms with Crippen LogP contribution in [0.3, 0.4) is 0 Å². The number of hydrogen-bond donors (Lipinski definition) is 0. The molecule has 1 fully saturated rings. The summed E-state index contributed by atoms with van der Waals surface area (Å²) in [5.74, 6) is -0.769. The van der Waals surface area contributed by atoms with E-state index in [0.29, 0.717) is 27.4 Å². The van der Waals surface area contributed by atoms with Crippen LogP contribution in [0.2, 0.25) is 0 Å². The van der Waals surface area contributed by atoms with Gasteiger partial charge in [-0.25, -0.2) is 4.79 Å². The predicted octanol–water partition coefficient (Wildman–Crippen LogP) is 3.37. The second-order valence-corrected chi connectivity index (χ2v) is 7.06. The Morgan fingerprint density at radius 3 is 2.58 bits per heavy atom. The average molecular weight is 369 g/mol. The van der Waals surface area contributed by atoms with Crippen molar-refractivity contribution < 1.29 is 14.3 Å². The Labute approximate surface area is 155 Å². The summed E-state index contributed by atoms with van der Waals surface area (Å²) in [5.41, 5.74) is 1.69. The van der Waals surface area contributed by atoms with Gasteiger partial charge >= 0.3 is 5.97 Å². The molecule has 7 heteroatoms. The van der Waals surface area contributed by atoms with Crippen LogP contribution < -0.4 is 4.80 Å². The zero-order valence-corrected chi connectivity index (χ0v) is 15.5. The zero-order chi connectivity index (χ0) is 18.7. The van der Waals surface area contributed by atoms with Gasteiger partial charge in [-0.1, -0.05) is 11.3 Å². The van der Waals surface area contributed by atoms with Gasteiger partial charge in [0.15, 0.2) is 4.80 Å². The lowest BCUT2D eigenvalue weighted by Crippen LogP contribution is -2.28. The van der Waals surface area contributed by atoms with Gasteiger partial charge in [-0.3, -0.25) is 4.79 Å². The number of aromatic nitrogens is 1. The van der Waals surface area contributed by atoms with Crippen LogP contribution in [0.25, 0.3) is 0 Å². The lowest BCUT2D eigenvalue weighted by molar-refractivity contribution is 0.0530. The first-order valence-corrected chi connectivity index (χ1v) is 9.35. The highest BCUT2D eigenvalue weighted by Crippen LogP contribution is 2.33. The molecular weight excluding hydrogens is 350 g/mol. The first-order chi connectivity index (χ1) is 12.5. The third-order valence-corrected chi connectivity index (χ3v) is 5.58. The van der Waals surface area contributed by atoms with Crippen LogP contribution in [0.4, 0.5) is 0 Å². The third kappa shape index (κ3) is 3.46. The number of amides is 1. The molecule has 3 rings (SSSR count). The molecule has 6 nitrogen and oxygen atoms in total. The summed E-state index contributed by atoms with van der Waals surface area (Å²) in [4.78, 5) is 30.0. The maximum atomic E-state index is 12.5. The van der Waals surface area contributed by atoms with Crippen molar-refractivity contribution >= 4 is 23.2 Å². The van der Waals surface area contributed by atoms with Gasteiger partial charge in [0.25, 0.3) is 5.91 Å². The molecule has 1 aromatic heterocycles. The highest BCUT2D eigenvalue weighted by Gasteiger charge is 2.26. The zero-order valence-electron chi connectivity index (χ0n) is 14.7. The van der Waals surface area contributed by atoms with Gasteiger partial charge < -0.3 is 9.30 Å². The van der Waals surface area contributed by atoms with E-state index in [2.05, 4.69) is 4.99 Å². The van der Waals surface area contributed by atoms with Gasteiger partial charge in [0, 0.05) is 17.3 Å². The summed E-state index contributed by atoms with van der Waals surface area (Å²) in [5, 5.41) is 8.86. The number of hydrogen-bond acceptors (Lipinski definition) is 5. The summed E-state index contributed by atoms with van der Waals surface area (Å²) in [6.07, 6.45) is 3.15. The Balaban J connectivity index is 2.02. The van der Waals surface area contributed by atoms with Crippen molar-refractivity contribution in [1.82, 2.24) is 4.57 Å². The van der Waals surface area contributed by atoms with Crippen molar-refractivity contribution in [2.75, 3.05) is 6.61 Å². The molecule has 1 aromatic carbocycles. The molecule has 0 bridgehead atoms. The van der Waals surface area contributed by atoms with Crippen LogP contribution in [-0.4, -0.2) is 23.1 Å². The quantitative estimate of drug-likeness (QED) is 0.774. The smallest absolute Gasteiger partial charge is 0.350 e. The number of ether oxygens (including phenoxy) is 1. The Morgan fingerprint density at radius 1 is 1.35 bits per heavy atom. The van der Waals surface area contributed by atoms with Crippen LogP contribution in [-0.2, 0) is 4.74 Å². The molecule has 0 saturated heterocycles. The molecule has 1 aliphatic rings. The molecule has 0 radical (unpaired) electrons. The van der Waals surface area contributed by atoms with E-state index in [-0.39, 0.29) is 17.9 Å². The van der Waals surface area contributed by atoms with E-state index >= 15 is 0 Å². The molecular formula is C19H19N3O3S. The van der Waals surface area contributed by atoms with Crippen LogP contribution in [0, 0.1) is 18.3 Å². The fourth-order valence-electron chi connectivity index (χ4n) is 2.84. The number of benzene rings is 1. The van der Waals surface area contributed by atoms with Crippen molar-refractivity contribution in [3.63, 3.8) is 0 Å². The minimum absolute atomic E-state index is 0.266. The summed E-state index contributed by atoms with van der Waals surface area (Å²) in [6.45, 7) is 3.93. The van der Waals surface area contributed by atoms with Gasteiger partial charge in [0.1, 0.15) is 4.88 Å². The number of nitrogens with zero attached hydrogens (tertiary/aromatic N) is 3. The summed E-state index contributed by atoms with van der Waals surface area (Å²) < 4.78 is 7.11. The van der Waals surface area contributed by atoms with E-state index in [4.69, 9.17) is 10.00 Å². The minimum Gasteiger partial charge on any atom is -0.462 e. The third-order valence-electron chi connectivity index (χ3n) is 4.45. The first kappa shape index (κ1) is 18.1. The maximum Gasteiger partial charge on any atom is 0.350 e. The van der Waals surface area contributed by atoms with Crippen LogP contribution >= 0.6 is 11.3 Å². The molecule has 1 heterocycles. The highest BCUT2D eigenvalue weighted by atomic mass is 32.1. The van der Waals surface area contributed by atoms with E-state index in [1.54, 1.807) is 31.2 Å². The number of carbonyl (C=O) groups is 2. The topological polar surface area (TPSA) is 84.4 Å². The Kier molecular flexibility index (Phi) is 5.33. The van der Waals surface area contributed by atoms with E-state index in [1.807, 2.05) is 17.6 Å². The minimum atomic E-state index is -0.390. The van der Waals surface area contributed by atoms with Crippen molar-refractivity contribution in [1.29, 1.82) is 5.26 Å². The van der Waals surface area contributed by atoms with E-state index in [9.17, 15) is 9.59 Å². The maximum absolute atomic E-state index is 12.5. The lowest BCUT2D eigenvalue weighted by Gasteiger charge is -2.28. The molecule has 26 heavy (non-hydrogen) atoms. The molecule has 1 amide bonds. The Bertz CT molecular complexity index is 944. The fraction of sp³-hybridized carbons (Fsp3) is 0.368. The van der Waals surface area contributed by atoms with E-state index < -0.39 is 0 Å². The number of esters is 1. The monoisotopic (exact) mass is 369 g/mol. The molecule has 0 aliphatic heterocycles. The SMILES string of the molecule is CCOC(=O)c1sc(=NC(=O)c2ccc(C#N)cc2)n(C2CCC2)c1C. The van der Waals surface area contributed by atoms with Gasteiger partial charge in [0.2, 0.25) is 0 Å². The van der Waals surface area contributed by atoms with Gasteiger partial charge in [-0.05, 0) is 57.4 Å². The van der Waals surface area contributed by atoms with Gasteiger partial charge in [-0.2, -0.15) is 10.3 Å². The molecule has 1 saturated carbocycles. The first-order valence-electron chi connectivity index (χ1n) is 8.53. The van der Waals surface area contributed by atoms with Crippen molar-refractivity contribution in [2.24, 2.45) is 4.99 Å². The standard InChI is InChI=1S/C19H19N3O3S/c1-3-25-18(24)16-12(2)22(15-5-4-6-15)19(26-16)21-17(23)14-9-7-13(11-20)8-10-14/h7-10,15H,3-6H2,1-2H3. The van der Waals surface area contributed by atoms with Crippen molar-refractivity contribution in [2.45, 2.75) is 39.2 Å². The molecule has 0 spiro atoms. The summed E-state index contributed by atoms with van der Waals surface area (Å²) in [7, 11) is 0. The number of thiazole rings is 1. The number of nitriles is 1. The molecule has 2 aromatic rings. The second-order valence-electron chi connectivity index (χ2n) is 6.08. The molecule has 1 aliphatic carbocycles. The highest BCUT2D eigenvalue weighted by molar-refractivity contribution is 7.11. The Hall–Kier alpha value is -2.72. The molecule has 0 unspecified atom stereocenters. The number of rotatable bonds is 4. The molecule has 134 valence electrons. The van der Waals surface area contributed by atoms with Gasteiger partial charge in [-0.15, -0.1) is 0 Å². The summed E-state index contributed by atoms with van der Waals surface area (Å²) in [6, 6.07) is 8.64. The normalized spacial score (nSPS) is 14.6. The second kappa shape index (κ2) is 7.67. The Morgan fingerprint density at radius 2 is 2.04 bits per heavy atom. The van der Waals surface area contributed by atoms with Crippen LogP contribution in [0.1, 0.15) is 63.5 Å². The molecule has 0 N–H and O–H groups in total. The van der Waals surface area contributed by atoms with Gasteiger partial charge in [0.05, 0.1) is 18.2 Å². The lowest BCUT2D eigenvalue weighted by atomic mass is 9.93. The average Bonchev–Trinajstić information content (AvgIpc) is 2.90. The van der Waals surface area contributed by atoms with E-state index in [1.165, 1.54) is 11.3 Å². The van der Waals surface area contributed by atoms with Crippen LogP contribution in [0.5, 0.6) is 0 Å². The predicted molar refractivity (Wildman–Crippen MR) is 96.9 cm³/mol. The fourth-order valence-corrected chi connectivity index (χ4v) is 3.93.